The molecule has 2 aromatic rings. The highest BCUT2D eigenvalue weighted by Gasteiger charge is 2.46. The van der Waals surface area contributed by atoms with E-state index >= 15 is 0 Å². The van der Waals surface area contributed by atoms with Gasteiger partial charge in [-0.25, -0.2) is 9.78 Å². The molecule has 1 unspecified atom stereocenters. The number of halogens is 1. The summed E-state index contributed by atoms with van der Waals surface area (Å²) in [6, 6.07) is 0. The van der Waals surface area contributed by atoms with E-state index in [1.165, 1.54) is 10.9 Å². The molecule has 0 radical (unpaired) electrons. The van der Waals surface area contributed by atoms with Gasteiger partial charge in [-0.3, -0.25) is 18.5 Å². The Labute approximate surface area is 229 Å². The van der Waals surface area contributed by atoms with Crippen molar-refractivity contribution < 1.29 is 52.0 Å². The maximum absolute atomic E-state index is 13.8. The first kappa shape index (κ1) is 31.8. The van der Waals surface area contributed by atoms with Crippen molar-refractivity contribution in [2.45, 2.75) is 58.7 Å². The molecule has 1 aliphatic heterocycles. The van der Waals surface area contributed by atoms with Crippen LogP contribution in [0.1, 0.15) is 40.3 Å². The average Bonchev–Trinajstić information content (AvgIpc) is 3.42. The van der Waals surface area contributed by atoms with Gasteiger partial charge in [0.15, 0.2) is 29.8 Å². The Morgan fingerprint density at radius 3 is 2.52 bits per heavy atom. The molecule has 17 heteroatoms. The molecule has 0 saturated carbocycles. The Balaban J connectivity index is 1.79. The van der Waals surface area contributed by atoms with Gasteiger partial charge >= 0.3 is 25.6 Å². The van der Waals surface area contributed by atoms with Crippen molar-refractivity contribution >= 4 is 36.5 Å². The smallest absolute Gasteiger partial charge is 0.332 e. The summed E-state index contributed by atoms with van der Waals surface area (Å²) < 4.78 is 55.4. The van der Waals surface area contributed by atoms with Crippen molar-refractivity contribution in [1.82, 2.24) is 19.5 Å². The fourth-order valence-electron chi connectivity index (χ4n) is 4.22. The number of aromatic nitrogens is 4. The number of aliphatic hydroxyl groups is 2. The van der Waals surface area contributed by atoms with Gasteiger partial charge in [-0.1, -0.05) is 13.8 Å². The molecule has 1 saturated heterocycles. The molecule has 6 atom stereocenters. The number of aliphatic hydroxyl groups excluding tert-OH is 2. The zero-order chi connectivity index (χ0) is 29.6. The van der Waals surface area contributed by atoms with Crippen LogP contribution in [-0.4, -0.2) is 92.6 Å². The molecule has 4 N–H and O–H groups in total. The Kier molecular flexibility index (Phi) is 10.9. The summed E-state index contributed by atoms with van der Waals surface area (Å²) in [6.07, 6.45) is -5.73. The predicted molar refractivity (Wildman–Crippen MR) is 136 cm³/mol. The number of ether oxygens (including phenoxy) is 3. The van der Waals surface area contributed by atoms with Gasteiger partial charge in [0, 0.05) is 0 Å². The van der Waals surface area contributed by atoms with Gasteiger partial charge in [0.1, 0.15) is 18.3 Å². The van der Waals surface area contributed by atoms with Crippen LogP contribution in [0.25, 0.3) is 11.2 Å². The molecule has 0 aromatic carbocycles. The number of rotatable bonds is 14. The van der Waals surface area contributed by atoms with Gasteiger partial charge in [0.2, 0.25) is 0 Å². The summed E-state index contributed by atoms with van der Waals surface area (Å²) in [5, 5.41) is 21.3. The average molecular weight is 592 g/mol. The maximum Gasteiger partial charge on any atom is 0.332 e. The lowest BCUT2D eigenvalue weighted by Crippen LogP contribution is -2.34. The second-order valence-corrected chi connectivity index (χ2v) is 11.6. The lowest BCUT2D eigenvalue weighted by Gasteiger charge is -2.25. The predicted octanol–water partition coefficient (Wildman–Crippen LogP) is 1.18. The van der Waals surface area contributed by atoms with Crippen molar-refractivity contribution in [1.29, 1.82) is 0 Å². The third-order valence-electron chi connectivity index (χ3n) is 5.97. The summed E-state index contributed by atoms with van der Waals surface area (Å²) in [6.45, 7) is 5.85. The number of imidazole rings is 1. The highest BCUT2D eigenvalue weighted by Crippen LogP contribution is 2.51. The van der Waals surface area contributed by atoms with E-state index in [2.05, 4.69) is 15.0 Å². The first-order chi connectivity index (χ1) is 18.9. The molecule has 1 aliphatic rings. The monoisotopic (exact) mass is 591 g/mol. The van der Waals surface area contributed by atoms with Crippen LogP contribution in [-0.2, 0) is 37.4 Å². The Morgan fingerprint density at radius 2 is 1.88 bits per heavy atom. The summed E-state index contributed by atoms with van der Waals surface area (Å²) in [5.74, 6) is -2.48. The molecule has 15 nitrogen and oxygen atoms in total. The Bertz CT molecular complexity index is 1230. The van der Waals surface area contributed by atoms with Crippen LogP contribution in [0.5, 0.6) is 0 Å². The fraction of sp³-hybridized carbons (Fsp3) is 0.696. The molecular formula is C23H35FN5O10P. The minimum Gasteiger partial charge on any atom is -0.466 e. The molecule has 2 aromatic heterocycles. The van der Waals surface area contributed by atoms with E-state index in [0.29, 0.717) is 6.42 Å². The number of esters is 2. The van der Waals surface area contributed by atoms with Crippen LogP contribution in [0.15, 0.2) is 6.33 Å². The SMILES string of the molecule is CCOC(=O)COP(=O)(C[C@@H](CC(C)C)C(=O)OCC)OC[C@H]1O[C@@H](n2cnc3c(N)nc(F)nc32)[C@@H](O)[C@@H]1O. The molecule has 40 heavy (non-hydrogen) atoms. The van der Waals surface area contributed by atoms with Gasteiger partial charge in [-0.2, -0.15) is 14.4 Å². The first-order valence-electron chi connectivity index (χ1n) is 12.8. The first-order valence-corrected chi connectivity index (χ1v) is 14.5. The zero-order valence-corrected chi connectivity index (χ0v) is 23.5. The normalized spacial score (nSPS) is 23.3. The minimum atomic E-state index is -4.20. The summed E-state index contributed by atoms with van der Waals surface area (Å²) in [5.41, 5.74) is 5.65. The van der Waals surface area contributed by atoms with Crippen molar-refractivity contribution in [3.8, 4) is 0 Å². The molecule has 0 aliphatic carbocycles. The summed E-state index contributed by atoms with van der Waals surface area (Å²) in [7, 11) is -4.20. The number of anilines is 1. The topological polar surface area (TPSA) is 207 Å². The molecular weight excluding hydrogens is 556 g/mol. The molecule has 0 spiro atoms. The van der Waals surface area contributed by atoms with E-state index in [4.69, 9.17) is 29.0 Å². The van der Waals surface area contributed by atoms with Gasteiger partial charge in [0.05, 0.1) is 38.2 Å². The lowest BCUT2D eigenvalue weighted by molar-refractivity contribution is -0.147. The zero-order valence-electron chi connectivity index (χ0n) is 22.6. The van der Waals surface area contributed by atoms with Crippen LogP contribution in [0, 0.1) is 17.9 Å². The van der Waals surface area contributed by atoms with E-state index < -0.39 is 75.4 Å². The third-order valence-corrected chi connectivity index (χ3v) is 7.93. The molecule has 0 amide bonds. The molecule has 1 fully saturated rings. The lowest BCUT2D eigenvalue weighted by atomic mass is 9.99. The molecule has 3 heterocycles. The van der Waals surface area contributed by atoms with Crippen LogP contribution in [0.3, 0.4) is 0 Å². The second-order valence-electron chi connectivity index (χ2n) is 9.49. The number of nitrogen functional groups attached to an aromatic ring is 1. The minimum absolute atomic E-state index is 0.0245. The standard InChI is InChI=1S/C23H35FN5O10P/c1-5-35-15(30)9-38-40(34,10-13(7-12(3)4)22(33)36-6-2)37-8-14-17(31)18(32)21(39-14)29-11-26-16-19(25)27-23(24)28-20(16)29/h11-14,17-18,21,31-32H,5-10H2,1-4H3,(H2,25,27,28)/t13-,14-,17-,18+,21-,40?/m1/s1. The van der Waals surface area contributed by atoms with Gasteiger partial charge in [-0.15, -0.1) is 0 Å². The molecule has 3 rings (SSSR count). The second kappa shape index (κ2) is 13.7. The number of hydrogen-bond acceptors (Lipinski definition) is 14. The van der Waals surface area contributed by atoms with Gasteiger partial charge in [0.25, 0.3) is 0 Å². The Hall–Kier alpha value is -2.75. The van der Waals surface area contributed by atoms with Crippen LogP contribution < -0.4 is 5.73 Å². The molecule has 224 valence electrons. The summed E-state index contributed by atoms with van der Waals surface area (Å²) >= 11 is 0. The van der Waals surface area contributed by atoms with Crippen LogP contribution in [0.4, 0.5) is 10.2 Å². The largest absolute Gasteiger partial charge is 0.466 e. The maximum atomic E-state index is 13.8. The Morgan fingerprint density at radius 1 is 1.18 bits per heavy atom. The number of nitrogens with zero attached hydrogens (tertiary/aromatic N) is 4. The van der Waals surface area contributed by atoms with E-state index in [1.54, 1.807) is 13.8 Å². The fourth-order valence-corrected chi connectivity index (χ4v) is 6.02. The number of fused-ring (bicyclic) bond motifs is 1. The van der Waals surface area contributed by atoms with Crippen molar-refractivity contribution in [3.63, 3.8) is 0 Å². The van der Waals surface area contributed by atoms with E-state index in [-0.39, 0.29) is 36.1 Å². The number of carbonyl (C=O) groups is 2. The highest BCUT2D eigenvalue weighted by molar-refractivity contribution is 7.53. The van der Waals surface area contributed by atoms with Crippen molar-refractivity contribution in [3.05, 3.63) is 12.4 Å². The molecule has 0 bridgehead atoms. The van der Waals surface area contributed by atoms with Crippen LogP contribution >= 0.6 is 7.60 Å². The third kappa shape index (κ3) is 7.71. The number of carbonyl (C=O) groups excluding carboxylic acids is 2. The summed E-state index contributed by atoms with van der Waals surface area (Å²) in [4.78, 5) is 35.5. The van der Waals surface area contributed by atoms with Crippen molar-refractivity contribution in [2.75, 3.05) is 38.3 Å². The van der Waals surface area contributed by atoms with Gasteiger partial charge in [-0.05, 0) is 26.2 Å². The van der Waals surface area contributed by atoms with E-state index in [0.717, 1.165) is 0 Å². The van der Waals surface area contributed by atoms with E-state index in [1.807, 2.05) is 13.8 Å². The van der Waals surface area contributed by atoms with Crippen LogP contribution in [0.2, 0.25) is 0 Å². The highest BCUT2D eigenvalue weighted by atomic mass is 31.2. The quantitative estimate of drug-likeness (QED) is 0.160. The van der Waals surface area contributed by atoms with Gasteiger partial charge < -0.3 is 34.7 Å². The number of hydrogen-bond donors (Lipinski definition) is 3. The van der Waals surface area contributed by atoms with E-state index in [9.17, 15) is 28.8 Å². The van der Waals surface area contributed by atoms with Crippen molar-refractivity contribution in [2.24, 2.45) is 11.8 Å². The number of nitrogens with two attached hydrogens (primary N) is 1.